The van der Waals surface area contributed by atoms with Crippen molar-refractivity contribution in [2.75, 3.05) is 13.2 Å². The number of benzene rings is 1. The molecule has 1 aromatic rings. The minimum absolute atomic E-state index is 0.0241. The molecule has 1 amide bonds. The third kappa shape index (κ3) is 4.91. The van der Waals surface area contributed by atoms with Gasteiger partial charge in [-0.3, -0.25) is 0 Å². The monoisotopic (exact) mass is 265 g/mol. The largest absolute Gasteiger partial charge is 0.447 e. The molecule has 0 aromatic heterocycles. The van der Waals surface area contributed by atoms with Gasteiger partial charge in [0, 0.05) is 0 Å². The van der Waals surface area contributed by atoms with Crippen LogP contribution in [-0.4, -0.2) is 24.4 Å². The van der Waals surface area contributed by atoms with E-state index in [0.29, 0.717) is 5.92 Å². The Morgan fingerprint density at radius 3 is 2.42 bits per heavy atom. The van der Waals surface area contributed by atoms with E-state index < -0.39 is 6.09 Å². The molecule has 4 nitrogen and oxygen atoms in total. The van der Waals surface area contributed by atoms with Crippen LogP contribution in [0.3, 0.4) is 0 Å². The second-order valence-corrected chi connectivity index (χ2v) is 4.47. The molecule has 0 spiro atoms. The van der Waals surface area contributed by atoms with Crippen LogP contribution in [0.15, 0.2) is 30.3 Å². The van der Waals surface area contributed by atoms with Gasteiger partial charge in [-0.25, -0.2) is 4.79 Å². The molecule has 1 aromatic carbocycles. The van der Waals surface area contributed by atoms with Crippen LogP contribution in [0, 0.1) is 5.92 Å². The number of carbonyl (C=O) groups is 1. The first-order valence-electron chi connectivity index (χ1n) is 6.82. The minimum atomic E-state index is -0.477. The number of alkyl carbamates (subject to hydrolysis) is 1. The molecule has 0 saturated carbocycles. The Kier molecular flexibility index (Phi) is 6.97. The van der Waals surface area contributed by atoms with Crippen molar-refractivity contribution in [3.05, 3.63) is 35.9 Å². The van der Waals surface area contributed by atoms with Gasteiger partial charge in [0.1, 0.15) is 6.61 Å². The molecule has 1 unspecified atom stereocenters. The lowest BCUT2D eigenvalue weighted by Gasteiger charge is -2.26. The Hall–Kier alpha value is -1.55. The molecule has 1 atom stereocenters. The quantitative estimate of drug-likeness (QED) is 0.797. The van der Waals surface area contributed by atoms with Crippen molar-refractivity contribution in [2.24, 2.45) is 5.92 Å². The number of aliphatic hydroxyl groups is 1. The number of hydrogen-bond acceptors (Lipinski definition) is 3. The van der Waals surface area contributed by atoms with E-state index in [4.69, 9.17) is 9.84 Å². The van der Waals surface area contributed by atoms with Crippen molar-refractivity contribution in [3.63, 3.8) is 0 Å². The standard InChI is InChI=1S/C15H23NO3/c1-3-12(4-2)14(13-8-6-5-7-9-13)16-15(18)19-11-10-17/h5-9,12,14,17H,3-4,10-11H2,1-2H3,(H,16,18). The normalized spacial score (nSPS) is 12.2. The lowest BCUT2D eigenvalue weighted by atomic mass is 9.89. The number of amides is 1. The molecule has 0 aliphatic heterocycles. The van der Waals surface area contributed by atoms with Crippen molar-refractivity contribution in [1.82, 2.24) is 5.32 Å². The van der Waals surface area contributed by atoms with Crippen LogP contribution in [0.25, 0.3) is 0 Å². The van der Waals surface area contributed by atoms with Crippen LogP contribution in [0.2, 0.25) is 0 Å². The van der Waals surface area contributed by atoms with Gasteiger partial charge in [0.25, 0.3) is 0 Å². The topological polar surface area (TPSA) is 58.6 Å². The van der Waals surface area contributed by atoms with Gasteiger partial charge in [0.15, 0.2) is 0 Å². The average Bonchev–Trinajstić information content (AvgIpc) is 2.46. The minimum Gasteiger partial charge on any atom is -0.447 e. The first-order valence-corrected chi connectivity index (χ1v) is 6.82. The number of rotatable bonds is 7. The summed E-state index contributed by atoms with van der Waals surface area (Å²) in [6.45, 7) is 4.10. The number of ether oxygens (including phenoxy) is 1. The molecule has 0 aliphatic rings. The second-order valence-electron chi connectivity index (χ2n) is 4.47. The van der Waals surface area contributed by atoms with E-state index >= 15 is 0 Å². The van der Waals surface area contributed by atoms with E-state index in [2.05, 4.69) is 19.2 Å². The Balaban J connectivity index is 2.78. The Morgan fingerprint density at radius 1 is 1.26 bits per heavy atom. The molecule has 0 radical (unpaired) electrons. The van der Waals surface area contributed by atoms with Crippen LogP contribution in [0.1, 0.15) is 38.3 Å². The van der Waals surface area contributed by atoms with Gasteiger partial charge in [-0.05, 0) is 11.5 Å². The van der Waals surface area contributed by atoms with Crippen LogP contribution in [0.5, 0.6) is 0 Å². The summed E-state index contributed by atoms with van der Waals surface area (Å²) in [7, 11) is 0. The van der Waals surface area contributed by atoms with E-state index in [1.807, 2.05) is 30.3 Å². The van der Waals surface area contributed by atoms with E-state index in [1.54, 1.807) is 0 Å². The summed E-state index contributed by atoms with van der Waals surface area (Å²) < 4.78 is 4.88. The van der Waals surface area contributed by atoms with Crippen LogP contribution in [0.4, 0.5) is 4.79 Å². The predicted molar refractivity (Wildman–Crippen MR) is 74.8 cm³/mol. The number of aliphatic hydroxyl groups excluding tert-OH is 1. The number of carbonyl (C=O) groups excluding carboxylic acids is 1. The fraction of sp³-hybridized carbons (Fsp3) is 0.533. The molecule has 2 N–H and O–H groups in total. The maximum Gasteiger partial charge on any atom is 0.407 e. The van der Waals surface area contributed by atoms with Gasteiger partial charge in [0.2, 0.25) is 0 Å². The molecule has 19 heavy (non-hydrogen) atoms. The Bertz CT molecular complexity index is 363. The zero-order valence-electron chi connectivity index (χ0n) is 11.6. The summed E-state index contributed by atoms with van der Waals surface area (Å²) in [5.74, 6) is 0.365. The summed E-state index contributed by atoms with van der Waals surface area (Å²) in [6.07, 6.45) is 1.49. The summed E-state index contributed by atoms with van der Waals surface area (Å²) in [5.41, 5.74) is 1.08. The van der Waals surface area contributed by atoms with E-state index in [-0.39, 0.29) is 19.3 Å². The zero-order valence-corrected chi connectivity index (χ0v) is 11.6. The third-order valence-electron chi connectivity index (χ3n) is 3.28. The average molecular weight is 265 g/mol. The maximum absolute atomic E-state index is 11.7. The van der Waals surface area contributed by atoms with Crippen molar-refractivity contribution in [3.8, 4) is 0 Å². The number of nitrogens with one attached hydrogen (secondary N) is 1. The molecule has 0 fully saturated rings. The van der Waals surface area contributed by atoms with Gasteiger partial charge in [-0.1, -0.05) is 57.0 Å². The highest BCUT2D eigenvalue weighted by atomic mass is 16.6. The van der Waals surface area contributed by atoms with Gasteiger partial charge < -0.3 is 15.2 Å². The smallest absolute Gasteiger partial charge is 0.407 e. The molecule has 106 valence electrons. The highest BCUT2D eigenvalue weighted by molar-refractivity contribution is 5.68. The molecular formula is C15H23NO3. The molecule has 0 heterocycles. The van der Waals surface area contributed by atoms with Crippen molar-refractivity contribution < 1.29 is 14.6 Å². The first-order chi connectivity index (χ1) is 9.22. The molecule has 0 bridgehead atoms. The van der Waals surface area contributed by atoms with E-state index in [1.165, 1.54) is 0 Å². The molecule has 0 aliphatic carbocycles. The Morgan fingerprint density at radius 2 is 1.89 bits per heavy atom. The van der Waals surface area contributed by atoms with E-state index in [9.17, 15) is 4.79 Å². The zero-order chi connectivity index (χ0) is 14.1. The molecule has 4 heteroatoms. The fourth-order valence-electron chi connectivity index (χ4n) is 2.20. The highest BCUT2D eigenvalue weighted by Crippen LogP contribution is 2.27. The summed E-state index contributed by atoms with van der Waals surface area (Å²) in [6, 6.07) is 9.85. The molecule has 0 saturated heterocycles. The van der Waals surface area contributed by atoms with Crippen LogP contribution < -0.4 is 5.32 Å². The first kappa shape index (κ1) is 15.5. The second kappa shape index (κ2) is 8.53. The molecular weight excluding hydrogens is 242 g/mol. The summed E-state index contributed by atoms with van der Waals surface area (Å²) in [4.78, 5) is 11.7. The summed E-state index contributed by atoms with van der Waals surface area (Å²) in [5, 5.41) is 11.6. The van der Waals surface area contributed by atoms with Crippen molar-refractivity contribution in [1.29, 1.82) is 0 Å². The van der Waals surface area contributed by atoms with Gasteiger partial charge in [-0.15, -0.1) is 0 Å². The van der Waals surface area contributed by atoms with Crippen LogP contribution in [-0.2, 0) is 4.74 Å². The third-order valence-corrected chi connectivity index (χ3v) is 3.28. The van der Waals surface area contributed by atoms with Gasteiger partial charge in [0.05, 0.1) is 12.6 Å². The summed E-state index contributed by atoms with van der Waals surface area (Å²) >= 11 is 0. The molecule has 1 rings (SSSR count). The SMILES string of the molecule is CCC(CC)C(NC(=O)OCCO)c1ccccc1. The van der Waals surface area contributed by atoms with Crippen LogP contribution >= 0.6 is 0 Å². The fourth-order valence-corrected chi connectivity index (χ4v) is 2.20. The van der Waals surface area contributed by atoms with E-state index in [0.717, 1.165) is 18.4 Å². The van der Waals surface area contributed by atoms with Gasteiger partial charge >= 0.3 is 6.09 Å². The predicted octanol–water partition coefficient (Wildman–Crippen LogP) is 2.88. The highest BCUT2D eigenvalue weighted by Gasteiger charge is 2.22. The van der Waals surface area contributed by atoms with Gasteiger partial charge in [-0.2, -0.15) is 0 Å². The maximum atomic E-state index is 11.7. The van der Waals surface area contributed by atoms with Crippen molar-refractivity contribution in [2.45, 2.75) is 32.7 Å². The lowest BCUT2D eigenvalue weighted by Crippen LogP contribution is -2.34. The lowest BCUT2D eigenvalue weighted by molar-refractivity contribution is 0.112. The van der Waals surface area contributed by atoms with Crippen molar-refractivity contribution >= 4 is 6.09 Å². The Labute approximate surface area is 114 Å². The number of hydrogen-bond donors (Lipinski definition) is 2.